The Morgan fingerprint density at radius 2 is 1.00 bits per heavy atom. The summed E-state index contributed by atoms with van der Waals surface area (Å²) in [7, 11) is 0. The minimum atomic E-state index is -0.981. The highest BCUT2D eigenvalue weighted by Crippen LogP contribution is 2.55. The number of hydrogen-bond acceptors (Lipinski definition) is 2. The van der Waals surface area contributed by atoms with Crippen molar-refractivity contribution in [1.82, 2.24) is 0 Å². The summed E-state index contributed by atoms with van der Waals surface area (Å²) < 4.78 is 0. The van der Waals surface area contributed by atoms with Crippen LogP contribution < -0.4 is 0 Å². The van der Waals surface area contributed by atoms with Crippen molar-refractivity contribution in [2.45, 2.75) is 0 Å². The SMILES string of the molecule is O=C(O)[C@@H]1[C@H]2C=C[C@@H]([C@H]3C=C[C@@H]32)[C@@H]1C(=O)O. The largest absolute Gasteiger partial charge is 0.481 e. The highest BCUT2D eigenvalue weighted by atomic mass is 16.4. The summed E-state index contributed by atoms with van der Waals surface area (Å²) in [5.74, 6) is -3.29. The van der Waals surface area contributed by atoms with Crippen LogP contribution in [0, 0.1) is 35.5 Å². The van der Waals surface area contributed by atoms with Crippen LogP contribution in [0.25, 0.3) is 0 Å². The summed E-state index contributed by atoms with van der Waals surface area (Å²) in [4.78, 5) is 22.4. The quantitative estimate of drug-likeness (QED) is 0.681. The van der Waals surface area contributed by atoms with E-state index in [-0.39, 0.29) is 23.7 Å². The third-order valence-corrected chi connectivity index (χ3v) is 4.23. The highest BCUT2D eigenvalue weighted by molar-refractivity contribution is 5.82. The second kappa shape index (κ2) is 2.97. The first kappa shape index (κ1) is 9.63. The Kier molecular flexibility index (Phi) is 1.79. The van der Waals surface area contributed by atoms with Crippen LogP contribution in [0.3, 0.4) is 0 Å². The number of rotatable bonds is 2. The van der Waals surface area contributed by atoms with Gasteiger partial charge < -0.3 is 10.2 Å². The topological polar surface area (TPSA) is 74.6 Å². The van der Waals surface area contributed by atoms with E-state index in [2.05, 4.69) is 0 Å². The molecule has 0 spiro atoms. The Bertz CT molecular complexity index is 385. The molecule has 4 aliphatic rings. The van der Waals surface area contributed by atoms with Gasteiger partial charge in [-0.1, -0.05) is 24.3 Å². The zero-order valence-corrected chi connectivity index (χ0v) is 8.48. The van der Waals surface area contributed by atoms with Crippen LogP contribution >= 0.6 is 0 Å². The van der Waals surface area contributed by atoms with E-state index in [0.29, 0.717) is 0 Å². The second-order valence-corrected chi connectivity index (χ2v) is 4.81. The summed E-state index contributed by atoms with van der Waals surface area (Å²) in [5.41, 5.74) is 0. The second-order valence-electron chi connectivity index (χ2n) is 4.81. The Morgan fingerprint density at radius 3 is 1.25 bits per heavy atom. The summed E-state index contributed by atoms with van der Waals surface area (Å²) in [6, 6.07) is 0. The molecule has 4 nitrogen and oxygen atoms in total. The van der Waals surface area contributed by atoms with Crippen molar-refractivity contribution in [3.8, 4) is 0 Å². The molecule has 4 rings (SSSR count). The summed E-state index contributed by atoms with van der Waals surface area (Å²) in [6.07, 6.45) is 7.82. The molecule has 2 bridgehead atoms. The third-order valence-electron chi connectivity index (χ3n) is 4.23. The predicted octanol–water partition coefficient (Wildman–Crippen LogP) is 1.01. The molecular weight excluding hydrogens is 208 g/mol. The standard InChI is InChI=1S/C12H12O4/c13-11(14)9-7-3-4-8(10(9)12(15)16)6-2-1-5(6)7/h1-10H,(H,13,14)(H,15,16)/t5-,6-,7-,8-,9-,10+/m0/s1. The third kappa shape index (κ3) is 0.991. The number of allylic oxidation sites excluding steroid dienone is 4. The Balaban J connectivity index is 2.05. The molecule has 0 radical (unpaired) electrons. The molecule has 84 valence electrons. The predicted molar refractivity (Wildman–Crippen MR) is 54.5 cm³/mol. The molecular formula is C12H12O4. The minimum Gasteiger partial charge on any atom is -0.481 e. The number of hydrogen-bond donors (Lipinski definition) is 2. The van der Waals surface area contributed by atoms with Gasteiger partial charge >= 0.3 is 11.9 Å². The Hall–Kier alpha value is -1.58. The van der Waals surface area contributed by atoms with Gasteiger partial charge in [0.05, 0.1) is 11.8 Å². The molecule has 0 aromatic rings. The molecule has 0 amide bonds. The van der Waals surface area contributed by atoms with Gasteiger partial charge in [0.1, 0.15) is 0 Å². The van der Waals surface area contributed by atoms with Crippen LogP contribution in [0.2, 0.25) is 0 Å². The zero-order chi connectivity index (χ0) is 11.4. The fourth-order valence-corrected chi connectivity index (χ4v) is 3.48. The Labute approximate surface area is 92.3 Å². The highest BCUT2D eigenvalue weighted by Gasteiger charge is 2.57. The average molecular weight is 220 g/mol. The number of carboxylic acid groups (broad SMARTS) is 2. The van der Waals surface area contributed by atoms with E-state index in [0.717, 1.165) is 0 Å². The van der Waals surface area contributed by atoms with Gasteiger partial charge in [0.15, 0.2) is 0 Å². The van der Waals surface area contributed by atoms with E-state index >= 15 is 0 Å². The molecule has 16 heavy (non-hydrogen) atoms. The van der Waals surface area contributed by atoms with Gasteiger partial charge in [-0.3, -0.25) is 9.59 Å². The van der Waals surface area contributed by atoms with Gasteiger partial charge in [0, 0.05) is 0 Å². The van der Waals surface area contributed by atoms with Crippen molar-refractivity contribution in [1.29, 1.82) is 0 Å². The van der Waals surface area contributed by atoms with Gasteiger partial charge in [-0.15, -0.1) is 0 Å². The summed E-state index contributed by atoms with van der Waals surface area (Å²) in [6.45, 7) is 0. The maximum atomic E-state index is 11.2. The molecule has 0 saturated heterocycles. The monoisotopic (exact) mass is 220 g/mol. The van der Waals surface area contributed by atoms with E-state index in [4.69, 9.17) is 0 Å². The van der Waals surface area contributed by atoms with Crippen molar-refractivity contribution in [2.75, 3.05) is 0 Å². The molecule has 1 saturated carbocycles. The van der Waals surface area contributed by atoms with Gasteiger partial charge in [-0.2, -0.15) is 0 Å². The first-order valence-corrected chi connectivity index (χ1v) is 5.43. The number of carboxylic acids is 2. The first-order valence-electron chi connectivity index (χ1n) is 5.43. The molecule has 1 fully saturated rings. The fourth-order valence-electron chi connectivity index (χ4n) is 3.48. The smallest absolute Gasteiger partial charge is 0.308 e. The maximum absolute atomic E-state index is 11.2. The van der Waals surface area contributed by atoms with Crippen LogP contribution in [0.15, 0.2) is 24.3 Å². The average Bonchev–Trinajstić information content (AvgIpc) is 2.15. The molecule has 0 heterocycles. The van der Waals surface area contributed by atoms with E-state index in [1.165, 1.54) is 0 Å². The Morgan fingerprint density at radius 1 is 0.688 bits per heavy atom. The molecule has 0 aromatic heterocycles. The summed E-state index contributed by atoms with van der Waals surface area (Å²) >= 11 is 0. The lowest BCUT2D eigenvalue weighted by Gasteiger charge is -2.52. The lowest BCUT2D eigenvalue weighted by atomic mass is 9.50. The molecule has 4 aliphatic carbocycles. The summed E-state index contributed by atoms with van der Waals surface area (Å²) in [5, 5.41) is 18.4. The molecule has 6 atom stereocenters. The molecule has 0 aromatic carbocycles. The van der Waals surface area contributed by atoms with E-state index in [1.807, 2.05) is 24.3 Å². The van der Waals surface area contributed by atoms with Gasteiger partial charge in [-0.05, 0) is 23.7 Å². The van der Waals surface area contributed by atoms with Crippen LogP contribution in [0.4, 0.5) is 0 Å². The van der Waals surface area contributed by atoms with Crippen LogP contribution in [-0.2, 0) is 9.59 Å². The van der Waals surface area contributed by atoms with Crippen molar-refractivity contribution >= 4 is 11.9 Å². The first-order chi connectivity index (χ1) is 7.61. The van der Waals surface area contributed by atoms with Crippen molar-refractivity contribution < 1.29 is 19.8 Å². The van der Waals surface area contributed by atoms with Crippen molar-refractivity contribution in [3.63, 3.8) is 0 Å². The van der Waals surface area contributed by atoms with Gasteiger partial charge in [0.2, 0.25) is 0 Å². The van der Waals surface area contributed by atoms with Gasteiger partial charge in [-0.25, -0.2) is 0 Å². The normalized spacial score (nSPS) is 47.2. The van der Waals surface area contributed by atoms with Crippen molar-refractivity contribution in [2.24, 2.45) is 35.5 Å². The number of aliphatic carboxylic acids is 2. The molecule has 0 aliphatic heterocycles. The van der Waals surface area contributed by atoms with Crippen LogP contribution in [-0.4, -0.2) is 22.2 Å². The van der Waals surface area contributed by atoms with E-state index in [1.54, 1.807) is 0 Å². The van der Waals surface area contributed by atoms with E-state index in [9.17, 15) is 19.8 Å². The minimum absolute atomic E-state index is 0.140. The lowest BCUT2D eigenvalue weighted by Crippen LogP contribution is -2.54. The number of fused-ring (bicyclic) bond motifs is 1. The van der Waals surface area contributed by atoms with E-state index < -0.39 is 23.8 Å². The molecule has 2 N–H and O–H groups in total. The maximum Gasteiger partial charge on any atom is 0.308 e. The number of carbonyl (C=O) groups is 2. The van der Waals surface area contributed by atoms with Crippen LogP contribution in [0.5, 0.6) is 0 Å². The molecule has 0 unspecified atom stereocenters. The van der Waals surface area contributed by atoms with Crippen LogP contribution in [0.1, 0.15) is 0 Å². The fraction of sp³-hybridized carbons (Fsp3) is 0.500. The molecule has 4 heteroatoms. The van der Waals surface area contributed by atoms with Crippen molar-refractivity contribution in [3.05, 3.63) is 24.3 Å². The zero-order valence-electron chi connectivity index (χ0n) is 8.48. The van der Waals surface area contributed by atoms with Gasteiger partial charge in [0.25, 0.3) is 0 Å². The lowest BCUT2D eigenvalue weighted by molar-refractivity contribution is -0.163.